The van der Waals surface area contributed by atoms with Gasteiger partial charge in [0.1, 0.15) is 17.5 Å². The number of hydrogen-bond acceptors (Lipinski definition) is 3. The topological polar surface area (TPSA) is 37.8 Å². The highest BCUT2D eigenvalue weighted by atomic mass is 35.5. The molecule has 0 saturated carbocycles. The summed E-state index contributed by atoms with van der Waals surface area (Å²) in [6.45, 7) is 2.93. The molecule has 19 heavy (non-hydrogen) atoms. The molecule has 1 aromatic heterocycles. The SMILES string of the molecule is CCCNc1ccnc(Cc2cccc(Cl)c2F)n1. The molecule has 0 bridgehead atoms. The summed E-state index contributed by atoms with van der Waals surface area (Å²) < 4.78 is 13.8. The lowest BCUT2D eigenvalue weighted by Gasteiger charge is -2.07. The van der Waals surface area contributed by atoms with Crippen molar-refractivity contribution in [2.24, 2.45) is 0 Å². The monoisotopic (exact) mass is 279 g/mol. The molecule has 0 saturated heterocycles. The van der Waals surface area contributed by atoms with E-state index in [4.69, 9.17) is 11.6 Å². The van der Waals surface area contributed by atoms with Crippen LogP contribution in [0.3, 0.4) is 0 Å². The summed E-state index contributed by atoms with van der Waals surface area (Å²) in [6.07, 6.45) is 3.01. The van der Waals surface area contributed by atoms with Gasteiger partial charge in [0.25, 0.3) is 0 Å². The summed E-state index contributed by atoms with van der Waals surface area (Å²) in [5, 5.41) is 3.30. The minimum atomic E-state index is -0.403. The smallest absolute Gasteiger partial charge is 0.145 e. The van der Waals surface area contributed by atoms with Crippen molar-refractivity contribution in [1.29, 1.82) is 0 Å². The van der Waals surface area contributed by atoms with Crippen molar-refractivity contribution in [3.63, 3.8) is 0 Å². The highest BCUT2D eigenvalue weighted by Crippen LogP contribution is 2.19. The molecule has 1 N–H and O–H groups in total. The molecule has 3 nitrogen and oxygen atoms in total. The van der Waals surface area contributed by atoms with Gasteiger partial charge in [0.15, 0.2) is 0 Å². The van der Waals surface area contributed by atoms with E-state index in [9.17, 15) is 4.39 Å². The van der Waals surface area contributed by atoms with Gasteiger partial charge in [0, 0.05) is 19.2 Å². The fraction of sp³-hybridized carbons (Fsp3) is 0.286. The number of benzene rings is 1. The van der Waals surface area contributed by atoms with Gasteiger partial charge in [-0.15, -0.1) is 0 Å². The second kappa shape index (κ2) is 6.48. The summed E-state index contributed by atoms with van der Waals surface area (Å²) in [5.41, 5.74) is 0.500. The molecule has 0 radical (unpaired) electrons. The van der Waals surface area contributed by atoms with Crippen molar-refractivity contribution in [3.05, 3.63) is 52.7 Å². The molecule has 1 aromatic carbocycles. The Morgan fingerprint density at radius 3 is 2.95 bits per heavy atom. The van der Waals surface area contributed by atoms with Gasteiger partial charge in [0.05, 0.1) is 5.02 Å². The van der Waals surface area contributed by atoms with Gasteiger partial charge in [-0.2, -0.15) is 0 Å². The molecule has 0 fully saturated rings. The third-order valence-corrected chi connectivity index (χ3v) is 2.93. The van der Waals surface area contributed by atoms with E-state index in [0.717, 1.165) is 18.8 Å². The van der Waals surface area contributed by atoms with Crippen LogP contribution >= 0.6 is 11.6 Å². The molecule has 2 aromatic rings. The summed E-state index contributed by atoms with van der Waals surface area (Å²) in [4.78, 5) is 8.50. The highest BCUT2D eigenvalue weighted by Gasteiger charge is 2.08. The number of rotatable bonds is 5. The van der Waals surface area contributed by atoms with Crippen LogP contribution in [0.1, 0.15) is 24.7 Å². The first-order chi connectivity index (χ1) is 9.20. The Hall–Kier alpha value is -1.68. The largest absolute Gasteiger partial charge is 0.370 e. The lowest BCUT2D eigenvalue weighted by molar-refractivity contribution is 0.612. The number of nitrogens with zero attached hydrogens (tertiary/aromatic N) is 2. The number of nitrogens with one attached hydrogen (secondary N) is 1. The van der Waals surface area contributed by atoms with E-state index in [0.29, 0.717) is 17.8 Å². The first-order valence-electron chi connectivity index (χ1n) is 6.19. The van der Waals surface area contributed by atoms with Crippen LogP contribution in [0.15, 0.2) is 30.5 Å². The minimum absolute atomic E-state index is 0.123. The Balaban J connectivity index is 2.16. The van der Waals surface area contributed by atoms with Gasteiger partial charge in [0.2, 0.25) is 0 Å². The average Bonchev–Trinajstić information content (AvgIpc) is 2.42. The van der Waals surface area contributed by atoms with Crippen LogP contribution in [0.5, 0.6) is 0 Å². The quantitative estimate of drug-likeness (QED) is 0.907. The molecule has 0 amide bonds. The van der Waals surface area contributed by atoms with Crippen LogP contribution in [-0.2, 0) is 6.42 Å². The molecular weight excluding hydrogens is 265 g/mol. The maximum atomic E-state index is 13.8. The van der Waals surface area contributed by atoms with Crippen molar-refractivity contribution in [2.45, 2.75) is 19.8 Å². The summed E-state index contributed by atoms with van der Waals surface area (Å²) in [6, 6.07) is 6.74. The van der Waals surface area contributed by atoms with Gasteiger partial charge in [-0.05, 0) is 24.1 Å². The fourth-order valence-electron chi connectivity index (χ4n) is 1.69. The summed E-state index contributed by atoms with van der Waals surface area (Å²) >= 11 is 5.75. The zero-order valence-electron chi connectivity index (χ0n) is 10.7. The maximum absolute atomic E-state index is 13.8. The predicted octanol–water partition coefficient (Wildman–Crippen LogP) is 3.68. The van der Waals surface area contributed by atoms with E-state index in [2.05, 4.69) is 22.2 Å². The van der Waals surface area contributed by atoms with Gasteiger partial charge >= 0.3 is 0 Å². The van der Waals surface area contributed by atoms with E-state index in [1.807, 2.05) is 0 Å². The predicted molar refractivity (Wildman–Crippen MR) is 75.0 cm³/mol. The number of halogens is 2. The van der Waals surface area contributed by atoms with Crippen LogP contribution in [0.2, 0.25) is 5.02 Å². The standard InChI is InChI=1S/C14H15ClFN3/c1-2-7-17-12-6-8-18-13(19-12)9-10-4-3-5-11(15)14(10)16/h3-6,8H,2,7,9H2,1H3,(H,17,18,19). The van der Waals surface area contributed by atoms with E-state index < -0.39 is 5.82 Å². The lowest BCUT2D eigenvalue weighted by atomic mass is 10.1. The van der Waals surface area contributed by atoms with Gasteiger partial charge in [-0.1, -0.05) is 30.7 Å². The van der Waals surface area contributed by atoms with Crippen molar-refractivity contribution >= 4 is 17.4 Å². The molecule has 100 valence electrons. The Morgan fingerprint density at radius 1 is 1.32 bits per heavy atom. The van der Waals surface area contributed by atoms with Crippen LogP contribution in [0.4, 0.5) is 10.2 Å². The third kappa shape index (κ3) is 3.64. The molecular formula is C14H15ClFN3. The van der Waals surface area contributed by atoms with Gasteiger partial charge < -0.3 is 5.32 Å². The Kier molecular flexibility index (Phi) is 4.68. The molecule has 2 rings (SSSR count). The molecule has 1 heterocycles. The van der Waals surface area contributed by atoms with Gasteiger partial charge in [-0.25, -0.2) is 14.4 Å². The minimum Gasteiger partial charge on any atom is -0.370 e. The Morgan fingerprint density at radius 2 is 2.16 bits per heavy atom. The lowest BCUT2D eigenvalue weighted by Crippen LogP contribution is -2.05. The molecule has 0 unspecified atom stereocenters. The van der Waals surface area contributed by atoms with Crippen molar-refractivity contribution in [3.8, 4) is 0 Å². The molecule has 0 spiro atoms. The van der Waals surface area contributed by atoms with E-state index >= 15 is 0 Å². The first-order valence-corrected chi connectivity index (χ1v) is 6.57. The Bertz CT molecular complexity index is 560. The Labute approximate surface area is 116 Å². The second-order valence-electron chi connectivity index (χ2n) is 4.17. The van der Waals surface area contributed by atoms with E-state index in [-0.39, 0.29) is 5.02 Å². The number of aromatic nitrogens is 2. The van der Waals surface area contributed by atoms with Crippen LogP contribution < -0.4 is 5.32 Å². The van der Waals surface area contributed by atoms with Gasteiger partial charge in [-0.3, -0.25) is 0 Å². The average molecular weight is 280 g/mol. The molecule has 0 aliphatic rings. The maximum Gasteiger partial charge on any atom is 0.145 e. The number of hydrogen-bond donors (Lipinski definition) is 1. The molecule has 5 heteroatoms. The zero-order valence-corrected chi connectivity index (χ0v) is 11.4. The van der Waals surface area contributed by atoms with Crippen LogP contribution in [-0.4, -0.2) is 16.5 Å². The number of anilines is 1. The normalized spacial score (nSPS) is 10.5. The first kappa shape index (κ1) is 13.7. The van der Waals surface area contributed by atoms with Crippen LogP contribution in [0.25, 0.3) is 0 Å². The summed E-state index contributed by atoms with van der Waals surface area (Å²) in [7, 11) is 0. The van der Waals surface area contributed by atoms with Crippen molar-refractivity contribution in [2.75, 3.05) is 11.9 Å². The van der Waals surface area contributed by atoms with Crippen molar-refractivity contribution < 1.29 is 4.39 Å². The van der Waals surface area contributed by atoms with E-state index in [1.165, 1.54) is 6.07 Å². The van der Waals surface area contributed by atoms with Crippen LogP contribution in [0, 0.1) is 5.82 Å². The fourth-order valence-corrected chi connectivity index (χ4v) is 1.89. The highest BCUT2D eigenvalue weighted by molar-refractivity contribution is 6.30. The van der Waals surface area contributed by atoms with E-state index in [1.54, 1.807) is 24.4 Å². The molecule has 0 aliphatic heterocycles. The summed E-state index contributed by atoms with van der Waals surface area (Å²) in [5.74, 6) is 0.927. The second-order valence-corrected chi connectivity index (χ2v) is 4.58. The van der Waals surface area contributed by atoms with Crippen molar-refractivity contribution in [1.82, 2.24) is 9.97 Å². The zero-order chi connectivity index (χ0) is 13.7. The third-order valence-electron chi connectivity index (χ3n) is 2.64. The molecule has 0 atom stereocenters. The molecule has 0 aliphatic carbocycles.